The van der Waals surface area contributed by atoms with Crippen LogP contribution in [-0.2, 0) is 18.4 Å². The van der Waals surface area contributed by atoms with Crippen LogP contribution in [0.5, 0.6) is 0 Å². The van der Waals surface area contributed by atoms with Crippen LogP contribution in [0.4, 0.5) is 0 Å². The van der Waals surface area contributed by atoms with E-state index in [0.29, 0.717) is 19.5 Å². The van der Waals surface area contributed by atoms with Gasteiger partial charge in [-0.15, -0.1) is 10.2 Å². The predicted molar refractivity (Wildman–Crippen MR) is 72.0 cm³/mol. The Morgan fingerprint density at radius 3 is 2.79 bits per heavy atom. The summed E-state index contributed by atoms with van der Waals surface area (Å²) in [6, 6.07) is 0. The first-order valence-corrected chi connectivity index (χ1v) is 6.95. The molecule has 0 aliphatic heterocycles. The standard InChI is InChI=1S/C13H23N5O/c1-18-10-16-17-11(18)8-15-12(19)7-13(9-14)5-3-2-4-6-13/h10H,2-9,14H2,1H3,(H,15,19). The highest BCUT2D eigenvalue weighted by Crippen LogP contribution is 2.38. The number of carbonyl (C=O) groups excluding carboxylic acids is 1. The number of aryl methyl sites for hydroxylation is 1. The van der Waals surface area contributed by atoms with E-state index in [4.69, 9.17) is 5.73 Å². The van der Waals surface area contributed by atoms with Crippen LogP contribution in [0, 0.1) is 5.41 Å². The van der Waals surface area contributed by atoms with E-state index in [1.54, 1.807) is 10.9 Å². The Labute approximate surface area is 113 Å². The summed E-state index contributed by atoms with van der Waals surface area (Å²) in [5.74, 6) is 0.828. The minimum absolute atomic E-state index is 0.0161. The van der Waals surface area contributed by atoms with E-state index in [1.165, 1.54) is 19.3 Å². The first-order chi connectivity index (χ1) is 9.15. The molecule has 0 bridgehead atoms. The molecule has 1 aliphatic carbocycles. The summed E-state index contributed by atoms with van der Waals surface area (Å²) in [5, 5.41) is 10.6. The lowest BCUT2D eigenvalue weighted by Crippen LogP contribution is -2.38. The summed E-state index contributed by atoms with van der Waals surface area (Å²) in [5.41, 5.74) is 5.91. The van der Waals surface area contributed by atoms with Crippen molar-refractivity contribution >= 4 is 5.91 Å². The topological polar surface area (TPSA) is 85.8 Å². The fraction of sp³-hybridized carbons (Fsp3) is 0.769. The lowest BCUT2D eigenvalue weighted by molar-refractivity contribution is -0.124. The lowest BCUT2D eigenvalue weighted by atomic mass is 9.71. The van der Waals surface area contributed by atoms with E-state index in [1.807, 2.05) is 7.05 Å². The third-order valence-corrected chi connectivity index (χ3v) is 4.13. The number of amides is 1. The zero-order valence-corrected chi connectivity index (χ0v) is 11.6. The summed E-state index contributed by atoms with van der Waals surface area (Å²) in [6.45, 7) is 1.03. The number of nitrogens with zero attached hydrogens (tertiary/aromatic N) is 3. The molecule has 2 rings (SSSR count). The molecule has 1 aromatic heterocycles. The second-order valence-corrected chi connectivity index (χ2v) is 5.58. The van der Waals surface area contributed by atoms with Gasteiger partial charge >= 0.3 is 0 Å². The van der Waals surface area contributed by atoms with Gasteiger partial charge in [0, 0.05) is 13.5 Å². The normalized spacial score (nSPS) is 18.2. The molecule has 3 N–H and O–H groups in total. The largest absolute Gasteiger partial charge is 0.349 e. The van der Waals surface area contributed by atoms with Crippen LogP contribution in [0.3, 0.4) is 0 Å². The van der Waals surface area contributed by atoms with Gasteiger partial charge < -0.3 is 15.6 Å². The molecule has 1 amide bonds. The zero-order chi connectivity index (χ0) is 13.7. The smallest absolute Gasteiger partial charge is 0.220 e. The summed E-state index contributed by atoms with van der Waals surface area (Å²) in [4.78, 5) is 12.1. The van der Waals surface area contributed by atoms with Crippen LogP contribution < -0.4 is 11.1 Å². The molecule has 6 nitrogen and oxygen atoms in total. The number of aromatic nitrogens is 3. The number of hydrogen-bond donors (Lipinski definition) is 2. The third kappa shape index (κ3) is 3.53. The maximum atomic E-state index is 12.1. The molecule has 6 heteroatoms. The summed E-state index contributed by atoms with van der Waals surface area (Å²) >= 11 is 0. The van der Waals surface area contributed by atoms with Gasteiger partial charge in [-0.25, -0.2) is 0 Å². The molecule has 0 radical (unpaired) electrons. The van der Waals surface area contributed by atoms with Crippen molar-refractivity contribution in [1.82, 2.24) is 20.1 Å². The van der Waals surface area contributed by atoms with Crippen LogP contribution in [0.15, 0.2) is 6.33 Å². The monoisotopic (exact) mass is 265 g/mol. The Hall–Kier alpha value is -1.43. The fourth-order valence-electron chi connectivity index (χ4n) is 2.80. The van der Waals surface area contributed by atoms with Crippen molar-refractivity contribution in [2.24, 2.45) is 18.2 Å². The molecule has 1 aromatic rings. The van der Waals surface area contributed by atoms with E-state index >= 15 is 0 Å². The second-order valence-electron chi connectivity index (χ2n) is 5.58. The first-order valence-electron chi connectivity index (χ1n) is 6.95. The van der Waals surface area contributed by atoms with Gasteiger partial charge in [-0.1, -0.05) is 19.3 Å². The van der Waals surface area contributed by atoms with Gasteiger partial charge in [-0.2, -0.15) is 0 Å². The first kappa shape index (κ1) is 14.0. The molecule has 1 fully saturated rings. The second kappa shape index (κ2) is 6.14. The Balaban J connectivity index is 1.84. The molecule has 19 heavy (non-hydrogen) atoms. The van der Waals surface area contributed by atoms with Crippen molar-refractivity contribution in [3.8, 4) is 0 Å². The van der Waals surface area contributed by atoms with Gasteiger partial charge in [-0.3, -0.25) is 4.79 Å². The Morgan fingerprint density at radius 2 is 2.21 bits per heavy atom. The summed E-state index contributed by atoms with van der Waals surface area (Å²) in [6.07, 6.45) is 7.94. The molecular weight excluding hydrogens is 242 g/mol. The maximum absolute atomic E-state index is 12.1. The van der Waals surface area contributed by atoms with Gasteiger partial charge in [0.15, 0.2) is 5.82 Å². The minimum Gasteiger partial charge on any atom is -0.349 e. The molecule has 106 valence electrons. The van der Waals surface area contributed by atoms with E-state index in [9.17, 15) is 4.79 Å². The lowest BCUT2D eigenvalue weighted by Gasteiger charge is -2.35. The highest BCUT2D eigenvalue weighted by atomic mass is 16.1. The van der Waals surface area contributed by atoms with Crippen LogP contribution in [0.25, 0.3) is 0 Å². The molecule has 1 heterocycles. The fourth-order valence-corrected chi connectivity index (χ4v) is 2.80. The number of carbonyl (C=O) groups is 1. The van der Waals surface area contributed by atoms with Crippen molar-refractivity contribution in [3.63, 3.8) is 0 Å². The van der Waals surface area contributed by atoms with Crippen molar-refractivity contribution in [2.45, 2.75) is 45.1 Å². The average Bonchev–Trinajstić information content (AvgIpc) is 2.83. The van der Waals surface area contributed by atoms with Crippen molar-refractivity contribution in [3.05, 3.63) is 12.2 Å². The Bertz CT molecular complexity index is 422. The molecule has 0 saturated heterocycles. The van der Waals surface area contributed by atoms with E-state index in [0.717, 1.165) is 18.7 Å². The van der Waals surface area contributed by atoms with Crippen molar-refractivity contribution in [2.75, 3.05) is 6.54 Å². The summed E-state index contributed by atoms with van der Waals surface area (Å²) in [7, 11) is 1.87. The molecule has 0 aromatic carbocycles. The minimum atomic E-state index is 0.0161. The van der Waals surface area contributed by atoms with Crippen LogP contribution in [0.1, 0.15) is 44.3 Å². The van der Waals surface area contributed by atoms with Crippen molar-refractivity contribution in [1.29, 1.82) is 0 Å². The Morgan fingerprint density at radius 1 is 1.47 bits per heavy atom. The maximum Gasteiger partial charge on any atom is 0.220 e. The van der Waals surface area contributed by atoms with Gasteiger partial charge in [0.25, 0.3) is 0 Å². The van der Waals surface area contributed by atoms with Gasteiger partial charge in [-0.05, 0) is 24.8 Å². The van der Waals surface area contributed by atoms with Crippen LogP contribution in [-0.4, -0.2) is 27.2 Å². The molecule has 0 spiro atoms. The average molecular weight is 265 g/mol. The molecule has 1 saturated carbocycles. The number of rotatable bonds is 5. The quantitative estimate of drug-likeness (QED) is 0.822. The predicted octanol–water partition coefficient (Wildman–Crippen LogP) is 0.731. The Kier molecular flexibility index (Phi) is 4.52. The van der Waals surface area contributed by atoms with Crippen molar-refractivity contribution < 1.29 is 4.79 Å². The number of nitrogens with two attached hydrogens (primary N) is 1. The summed E-state index contributed by atoms with van der Waals surface area (Å²) < 4.78 is 1.81. The number of hydrogen-bond acceptors (Lipinski definition) is 4. The van der Waals surface area contributed by atoms with Gasteiger partial charge in [0.05, 0.1) is 6.54 Å². The molecule has 0 atom stereocenters. The SMILES string of the molecule is Cn1cnnc1CNC(=O)CC1(CN)CCCCC1. The zero-order valence-electron chi connectivity index (χ0n) is 11.6. The molecule has 0 unspecified atom stereocenters. The van der Waals surface area contributed by atoms with Crippen LogP contribution in [0.2, 0.25) is 0 Å². The molecule has 1 aliphatic rings. The van der Waals surface area contributed by atoms with Gasteiger partial charge in [0.2, 0.25) is 5.91 Å². The molecular formula is C13H23N5O. The van der Waals surface area contributed by atoms with E-state index in [-0.39, 0.29) is 11.3 Å². The van der Waals surface area contributed by atoms with Crippen LogP contribution >= 0.6 is 0 Å². The van der Waals surface area contributed by atoms with Gasteiger partial charge in [0.1, 0.15) is 6.33 Å². The highest BCUT2D eigenvalue weighted by Gasteiger charge is 2.32. The highest BCUT2D eigenvalue weighted by molar-refractivity contribution is 5.76. The number of nitrogens with one attached hydrogen (secondary N) is 1. The van der Waals surface area contributed by atoms with E-state index < -0.39 is 0 Å². The third-order valence-electron chi connectivity index (χ3n) is 4.13. The van der Waals surface area contributed by atoms with E-state index in [2.05, 4.69) is 15.5 Å².